The summed E-state index contributed by atoms with van der Waals surface area (Å²) < 4.78 is 7.51. The molecule has 3 heterocycles. The Morgan fingerprint density at radius 3 is 2.24 bits per heavy atom. The van der Waals surface area contributed by atoms with Crippen LogP contribution >= 0.6 is 0 Å². The minimum absolute atomic E-state index is 0.0496. The highest BCUT2D eigenvalue weighted by molar-refractivity contribution is 5.95. The van der Waals surface area contributed by atoms with E-state index in [4.69, 9.17) is 4.74 Å². The van der Waals surface area contributed by atoms with Gasteiger partial charge in [0.2, 0.25) is 11.8 Å². The summed E-state index contributed by atoms with van der Waals surface area (Å²) in [4.78, 5) is 43.8. The van der Waals surface area contributed by atoms with Crippen LogP contribution in [0, 0.1) is 22.7 Å². The second-order valence-corrected chi connectivity index (χ2v) is 12.8. The Bertz CT molecular complexity index is 1430. The Labute approximate surface area is 246 Å². The summed E-state index contributed by atoms with van der Waals surface area (Å²) in [7, 11) is 0. The third kappa shape index (κ3) is 5.83. The van der Waals surface area contributed by atoms with E-state index in [0.717, 1.165) is 17.5 Å². The monoisotopic (exact) mass is 569 g/mol. The Morgan fingerprint density at radius 2 is 1.57 bits per heavy atom. The molecule has 42 heavy (non-hydrogen) atoms. The van der Waals surface area contributed by atoms with E-state index in [-0.39, 0.29) is 29.1 Å². The minimum Gasteiger partial charge on any atom is -0.375 e. The lowest BCUT2D eigenvalue weighted by Gasteiger charge is -2.50. The van der Waals surface area contributed by atoms with Crippen LogP contribution in [-0.4, -0.2) is 76.6 Å². The molecule has 0 bridgehead atoms. The van der Waals surface area contributed by atoms with E-state index in [1.165, 1.54) is 0 Å². The van der Waals surface area contributed by atoms with Crippen LogP contribution in [0.15, 0.2) is 73.1 Å². The fourth-order valence-electron chi connectivity index (χ4n) is 6.43. The fraction of sp³-hybridized carbons (Fsp3) is 0.455. The van der Waals surface area contributed by atoms with Crippen molar-refractivity contribution in [3.8, 4) is 0 Å². The molecule has 9 heteroatoms. The van der Waals surface area contributed by atoms with Gasteiger partial charge in [0.1, 0.15) is 0 Å². The second kappa shape index (κ2) is 11.4. The first-order valence-corrected chi connectivity index (χ1v) is 14.8. The molecule has 3 amide bonds. The number of carbonyl (C=O) groups excluding carboxylic acids is 3. The number of amides is 3. The van der Waals surface area contributed by atoms with Gasteiger partial charge in [-0.05, 0) is 23.0 Å². The Morgan fingerprint density at radius 1 is 0.929 bits per heavy atom. The molecule has 1 spiro atoms. The number of hydrogen-bond donors (Lipinski definition) is 1. The van der Waals surface area contributed by atoms with Gasteiger partial charge in [-0.3, -0.25) is 19.1 Å². The van der Waals surface area contributed by atoms with Crippen molar-refractivity contribution in [2.24, 2.45) is 22.7 Å². The highest BCUT2D eigenvalue weighted by Gasteiger charge is 2.61. The summed E-state index contributed by atoms with van der Waals surface area (Å²) in [5.74, 6) is -0.397. The van der Waals surface area contributed by atoms with Crippen molar-refractivity contribution < 1.29 is 19.1 Å². The number of likely N-dealkylation sites (tertiary alicyclic amines) is 2. The van der Waals surface area contributed by atoms with Crippen molar-refractivity contribution in [2.45, 2.75) is 33.4 Å². The molecule has 2 saturated heterocycles. The zero-order chi connectivity index (χ0) is 29.3. The molecule has 1 N–H and O–H groups in total. The molecule has 0 radical (unpaired) electrons. The predicted octanol–water partition coefficient (Wildman–Crippen LogP) is 3.21. The van der Waals surface area contributed by atoms with Crippen molar-refractivity contribution >= 4 is 17.7 Å². The van der Waals surface area contributed by atoms with E-state index < -0.39 is 11.3 Å². The van der Waals surface area contributed by atoms with E-state index in [1.54, 1.807) is 22.0 Å². The van der Waals surface area contributed by atoms with Crippen LogP contribution in [0.3, 0.4) is 0 Å². The zero-order valence-electron chi connectivity index (χ0n) is 24.4. The maximum Gasteiger partial charge on any atom is 0.257 e. The van der Waals surface area contributed by atoms with E-state index in [1.807, 2.05) is 65.6 Å². The van der Waals surface area contributed by atoms with Crippen LogP contribution < -0.4 is 5.32 Å². The summed E-state index contributed by atoms with van der Waals surface area (Å²) >= 11 is 0. The van der Waals surface area contributed by atoms with Gasteiger partial charge in [-0.15, -0.1) is 0 Å². The highest BCUT2D eigenvalue weighted by Crippen LogP contribution is 2.54. The molecule has 2 atom stereocenters. The quantitative estimate of drug-likeness (QED) is 0.379. The van der Waals surface area contributed by atoms with Crippen LogP contribution in [0.5, 0.6) is 0 Å². The molecule has 3 aliphatic rings. The zero-order valence-corrected chi connectivity index (χ0v) is 24.4. The van der Waals surface area contributed by atoms with Crippen molar-refractivity contribution in [1.82, 2.24) is 24.9 Å². The number of nitrogens with one attached hydrogen (secondary N) is 1. The van der Waals surface area contributed by atoms with Gasteiger partial charge in [-0.2, -0.15) is 5.10 Å². The van der Waals surface area contributed by atoms with Crippen LogP contribution in [0.4, 0.5) is 0 Å². The molecule has 3 aromatic rings. The van der Waals surface area contributed by atoms with Crippen LogP contribution in [-0.2, 0) is 27.5 Å². The maximum atomic E-state index is 13.6. The first kappa shape index (κ1) is 28.2. The lowest BCUT2D eigenvalue weighted by atomic mass is 9.71. The molecule has 2 aromatic carbocycles. The number of aromatic nitrogens is 2. The van der Waals surface area contributed by atoms with Crippen LogP contribution in [0.25, 0.3) is 0 Å². The average Bonchev–Trinajstić information content (AvgIpc) is 3.30. The lowest BCUT2D eigenvalue weighted by Crippen LogP contribution is -2.64. The maximum absolute atomic E-state index is 13.6. The largest absolute Gasteiger partial charge is 0.375 e. The third-order valence-electron chi connectivity index (χ3n) is 9.11. The first-order chi connectivity index (χ1) is 20.2. The predicted molar refractivity (Wildman–Crippen MR) is 157 cm³/mol. The number of benzene rings is 2. The summed E-state index contributed by atoms with van der Waals surface area (Å²) in [6.07, 6.45) is 4.27. The standard InChI is InChI=1S/C33H39N5O4/c1-32(2)15-27(32)31(41)37-22-33(23-37)21-36(30(40)26-16-35-38(18-26)17-24-9-5-3-6-10-24)19-28(33)29(39)34-13-14-42-20-25-11-7-4-8-12-25/h3-12,16,18,27-28H,13-15,17,19-23H2,1-2H3,(H,34,39)/t27-,28-/m1/s1. The van der Waals surface area contributed by atoms with E-state index in [2.05, 4.69) is 24.3 Å². The van der Waals surface area contributed by atoms with Crippen molar-refractivity contribution in [3.63, 3.8) is 0 Å². The van der Waals surface area contributed by atoms with E-state index in [9.17, 15) is 14.4 Å². The van der Waals surface area contributed by atoms with Gasteiger partial charge in [-0.1, -0.05) is 74.5 Å². The number of carbonyl (C=O) groups is 3. The normalized spacial score (nSPS) is 21.7. The number of hydrogen-bond acceptors (Lipinski definition) is 5. The third-order valence-corrected chi connectivity index (χ3v) is 9.11. The molecule has 3 fully saturated rings. The summed E-state index contributed by atoms with van der Waals surface area (Å²) in [5, 5.41) is 7.44. The van der Waals surface area contributed by atoms with Gasteiger partial charge >= 0.3 is 0 Å². The average molecular weight is 570 g/mol. The van der Waals surface area contributed by atoms with Gasteiger partial charge in [-0.25, -0.2) is 0 Å². The molecular formula is C33H39N5O4. The minimum atomic E-state index is -0.445. The molecule has 9 nitrogen and oxygen atoms in total. The smallest absolute Gasteiger partial charge is 0.257 e. The van der Waals surface area contributed by atoms with E-state index >= 15 is 0 Å². The van der Waals surface area contributed by atoms with Gasteiger partial charge in [0.25, 0.3) is 5.91 Å². The van der Waals surface area contributed by atoms with Gasteiger partial charge < -0.3 is 19.9 Å². The molecule has 220 valence electrons. The first-order valence-electron chi connectivity index (χ1n) is 14.8. The molecule has 6 rings (SSSR count). The summed E-state index contributed by atoms with van der Waals surface area (Å²) in [6, 6.07) is 19.9. The Balaban J connectivity index is 1.09. The molecule has 1 aliphatic carbocycles. The molecule has 2 aliphatic heterocycles. The highest BCUT2D eigenvalue weighted by atomic mass is 16.5. The van der Waals surface area contributed by atoms with Crippen LogP contribution in [0.1, 0.15) is 41.8 Å². The molecule has 1 saturated carbocycles. The van der Waals surface area contributed by atoms with Crippen molar-refractivity contribution in [2.75, 3.05) is 39.3 Å². The summed E-state index contributed by atoms with van der Waals surface area (Å²) in [5.41, 5.74) is 2.29. The fourth-order valence-corrected chi connectivity index (χ4v) is 6.43. The van der Waals surface area contributed by atoms with Gasteiger partial charge in [0.05, 0.1) is 37.4 Å². The van der Waals surface area contributed by atoms with Crippen LogP contribution in [0.2, 0.25) is 0 Å². The van der Waals surface area contributed by atoms with Gasteiger partial charge in [0, 0.05) is 50.3 Å². The van der Waals surface area contributed by atoms with Crippen molar-refractivity contribution in [1.29, 1.82) is 0 Å². The summed E-state index contributed by atoms with van der Waals surface area (Å²) in [6.45, 7) is 7.83. The number of rotatable bonds is 10. The topological polar surface area (TPSA) is 96.8 Å². The number of ether oxygens (including phenoxy) is 1. The molecule has 1 aromatic heterocycles. The molecular weight excluding hydrogens is 530 g/mol. The van der Waals surface area contributed by atoms with E-state index in [0.29, 0.717) is 58.0 Å². The Hall–Kier alpha value is -3.98. The lowest BCUT2D eigenvalue weighted by molar-refractivity contribution is -0.151. The number of nitrogens with zero attached hydrogens (tertiary/aromatic N) is 4. The second-order valence-electron chi connectivity index (χ2n) is 12.8. The van der Waals surface area contributed by atoms with Gasteiger partial charge in [0.15, 0.2) is 0 Å². The van der Waals surface area contributed by atoms with Crippen molar-refractivity contribution in [3.05, 3.63) is 89.7 Å². The SMILES string of the molecule is CC1(C)C[C@@H]1C(=O)N1CC2(CN(C(=O)c3cnn(Cc4ccccc4)c3)C[C@@H]2C(=O)NCCOCc2ccccc2)C1. The Kier molecular flexibility index (Phi) is 7.62. The molecule has 0 unspecified atom stereocenters.